The molecule has 0 spiro atoms. The van der Waals surface area contributed by atoms with E-state index in [1.807, 2.05) is 0 Å². The highest BCUT2D eigenvalue weighted by Crippen LogP contribution is 2.14. The second-order valence-electron chi connectivity index (χ2n) is 4.22. The number of carboxylic acid groups (broad SMARTS) is 2. The molecule has 0 radical (unpaired) electrons. The molecule has 0 atom stereocenters. The molecule has 1 aromatic carbocycles. The topological polar surface area (TPSA) is 115 Å². The van der Waals surface area contributed by atoms with Crippen molar-refractivity contribution in [1.29, 1.82) is 0 Å². The molecule has 6 nitrogen and oxygen atoms in total. The van der Waals surface area contributed by atoms with Crippen molar-refractivity contribution in [1.82, 2.24) is 0 Å². The molecule has 0 heterocycles. The van der Waals surface area contributed by atoms with Gasteiger partial charge in [0.15, 0.2) is 0 Å². The number of phenolic OH excluding ortho intramolecular Hbond substituents is 2. The van der Waals surface area contributed by atoms with Crippen LogP contribution < -0.4 is 0 Å². The summed E-state index contributed by atoms with van der Waals surface area (Å²) in [6.45, 7) is 0. The quantitative estimate of drug-likeness (QED) is 0.572. The highest BCUT2D eigenvalue weighted by Gasteiger charge is 1.98. The van der Waals surface area contributed by atoms with Crippen LogP contribution in [0.15, 0.2) is 24.3 Å². The lowest BCUT2D eigenvalue weighted by Crippen LogP contribution is -1.95. The van der Waals surface area contributed by atoms with Crippen molar-refractivity contribution in [2.75, 3.05) is 0 Å². The van der Waals surface area contributed by atoms with Crippen molar-refractivity contribution < 1.29 is 30.0 Å². The van der Waals surface area contributed by atoms with E-state index < -0.39 is 11.9 Å². The fourth-order valence-corrected chi connectivity index (χ4v) is 1.40. The molecule has 0 saturated carbocycles. The van der Waals surface area contributed by atoms with Crippen LogP contribution in [0.5, 0.6) is 11.5 Å². The van der Waals surface area contributed by atoms with Gasteiger partial charge in [0, 0.05) is 18.9 Å². The van der Waals surface area contributed by atoms with Crippen LogP contribution >= 0.6 is 0 Å². The van der Waals surface area contributed by atoms with Gasteiger partial charge in [0.05, 0.1) is 0 Å². The van der Waals surface area contributed by atoms with Gasteiger partial charge < -0.3 is 20.4 Å². The Morgan fingerprint density at radius 1 is 0.800 bits per heavy atom. The van der Waals surface area contributed by atoms with Crippen LogP contribution in [0.2, 0.25) is 0 Å². The Kier molecular flexibility index (Phi) is 9.47. The number of carboxylic acids is 2. The molecule has 0 bridgehead atoms. The first-order valence-corrected chi connectivity index (χ1v) is 6.33. The second kappa shape index (κ2) is 10.7. The fraction of sp³-hybridized carbons (Fsp3) is 0.429. The molecule has 0 aromatic heterocycles. The molecule has 0 saturated heterocycles. The number of aliphatic carboxylic acids is 2. The third kappa shape index (κ3) is 12.2. The van der Waals surface area contributed by atoms with Crippen molar-refractivity contribution in [2.24, 2.45) is 0 Å². The number of hydrogen-bond acceptors (Lipinski definition) is 4. The molecule has 1 aromatic rings. The summed E-state index contributed by atoms with van der Waals surface area (Å²) >= 11 is 0. The van der Waals surface area contributed by atoms with Crippen LogP contribution in [-0.4, -0.2) is 32.4 Å². The number of carbonyl (C=O) groups is 2. The standard InChI is InChI=1S/C8H14O4.C6H6O2/c9-7(10)5-3-1-2-4-6-8(11)12;7-5-2-1-3-6(8)4-5/h1-6H2,(H,9,10)(H,11,12);1-4,7-8H. The Morgan fingerprint density at radius 3 is 1.45 bits per heavy atom. The largest absolute Gasteiger partial charge is 0.508 e. The number of phenols is 2. The molecule has 112 valence electrons. The SMILES string of the molecule is O=C(O)CCCCCCC(=O)O.Oc1cccc(O)c1. The summed E-state index contributed by atoms with van der Waals surface area (Å²) in [5.41, 5.74) is 0. The van der Waals surface area contributed by atoms with E-state index in [1.165, 1.54) is 18.2 Å². The van der Waals surface area contributed by atoms with Crippen LogP contribution in [0.1, 0.15) is 38.5 Å². The highest BCUT2D eigenvalue weighted by atomic mass is 16.4. The van der Waals surface area contributed by atoms with Gasteiger partial charge in [0.1, 0.15) is 11.5 Å². The molecule has 4 N–H and O–H groups in total. The Labute approximate surface area is 117 Å². The summed E-state index contributed by atoms with van der Waals surface area (Å²) in [5.74, 6) is -1.39. The van der Waals surface area contributed by atoms with E-state index in [0.717, 1.165) is 12.8 Å². The molecule has 20 heavy (non-hydrogen) atoms. The number of aromatic hydroxyl groups is 2. The van der Waals surface area contributed by atoms with E-state index in [2.05, 4.69) is 0 Å². The average Bonchev–Trinajstić information content (AvgIpc) is 2.33. The zero-order valence-electron chi connectivity index (χ0n) is 11.2. The predicted octanol–water partition coefficient (Wildman–Crippen LogP) is 2.59. The Balaban J connectivity index is 0.000000388. The van der Waals surface area contributed by atoms with Crippen LogP contribution in [0, 0.1) is 0 Å². The first-order chi connectivity index (χ1) is 9.41. The molecular weight excluding hydrogens is 264 g/mol. The van der Waals surface area contributed by atoms with Gasteiger partial charge in [-0.25, -0.2) is 0 Å². The molecule has 0 aliphatic carbocycles. The van der Waals surface area contributed by atoms with E-state index >= 15 is 0 Å². The van der Waals surface area contributed by atoms with Gasteiger partial charge in [0.25, 0.3) is 0 Å². The molecule has 0 aliphatic heterocycles. The molecule has 0 aliphatic rings. The lowest BCUT2D eigenvalue weighted by molar-refractivity contribution is -0.138. The first kappa shape index (κ1) is 17.8. The minimum Gasteiger partial charge on any atom is -0.508 e. The molecule has 1 rings (SSSR count). The minimum absolute atomic E-state index is 0.0880. The zero-order chi connectivity index (χ0) is 15.4. The van der Waals surface area contributed by atoms with E-state index in [9.17, 15) is 9.59 Å². The van der Waals surface area contributed by atoms with Crippen LogP contribution in [-0.2, 0) is 9.59 Å². The van der Waals surface area contributed by atoms with E-state index in [4.69, 9.17) is 20.4 Å². The molecule has 6 heteroatoms. The van der Waals surface area contributed by atoms with Crippen LogP contribution in [0.25, 0.3) is 0 Å². The smallest absolute Gasteiger partial charge is 0.303 e. The maximum atomic E-state index is 10.0. The van der Waals surface area contributed by atoms with Crippen molar-refractivity contribution >= 4 is 11.9 Å². The van der Waals surface area contributed by atoms with Gasteiger partial charge in [-0.3, -0.25) is 9.59 Å². The number of hydrogen-bond donors (Lipinski definition) is 4. The van der Waals surface area contributed by atoms with E-state index in [0.29, 0.717) is 12.8 Å². The molecular formula is C14H20O6. The second-order valence-corrected chi connectivity index (χ2v) is 4.22. The van der Waals surface area contributed by atoms with Crippen LogP contribution in [0.3, 0.4) is 0 Å². The Morgan fingerprint density at radius 2 is 1.20 bits per heavy atom. The third-order valence-electron chi connectivity index (χ3n) is 2.36. The maximum absolute atomic E-state index is 10.0. The van der Waals surface area contributed by atoms with Gasteiger partial charge in [-0.2, -0.15) is 0 Å². The maximum Gasteiger partial charge on any atom is 0.303 e. The summed E-state index contributed by atoms with van der Waals surface area (Å²) in [7, 11) is 0. The average molecular weight is 284 g/mol. The van der Waals surface area contributed by atoms with Crippen molar-refractivity contribution in [3.63, 3.8) is 0 Å². The lowest BCUT2D eigenvalue weighted by Gasteiger charge is -1.96. The van der Waals surface area contributed by atoms with Gasteiger partial charge in [-0.1, -0.05) is 18.9 Å². The predicted molar refractivity (Wildman–Crippen MR) is 72.7 cm³/mol. The lowest BCUT2D eigenvalue weighted by atomic mass is 10.1. The van der Waals surface area contributed by atoms with Crippen molar-refractivity contribution in [3.8, 4) is 11.5 Å². The molecule has 0 unspecified atom stereocenters. The third-order valence-corrected chi connectivity index (χ3v) is 2.36. The molecule has 0 amide bonds. The number of rotatable bonds is 7. The summed E-state index contributed by atoms with van der Waals surface area (Å²) in [4.78, 5) is 20.1. The highest BCUT2D eigenvalue weighted by molar-refractivity contribution is 5.66. The van der Waals surface area contributed by atoms with E-state index in [-0.39, 0.29) is 24.3 Å². The summed E-state index contributed by atoms with van der Waals surface area (Å²) in [5, 5.41) is 33.8. The van der Waals surface area contributed by atoms with Crippen molar-refractivity contribution in [3.05, 3.63) is 24.3 Å². The summed E-state index contributed by atoms with van der Waals surface area (Å²) < 4.78 is 0. The number of unbranched alkanes of at least 4 members (excludes halogenated alkanes) is 3. The fourth-order valence-electron chi connectivity index (χ4n) is 1.40. The van der Waals surface area contributed by atoms with Gasteiger partial charge in [0.2, 0.25) is 0 Å². The van der Waals surface area contributed by atoms with Crippen LogP contribution in [0.4, 0.5) is 0 Å². The Hall–Kier alpha value is -2.24. The Bertz CT molecular complexity index is 381. The zero-order valence-corrected chi connectivity index (χ0v) is 11.2. The number of benzene rings is 1. The summed E-state index contributed by atoms with van der Waals surface area (Å²) in [6, 6.07) is 5.85. The van der Waals surface area contributed by atoms with Crippen molar-refractivity contribution in [2.45, 2.75) is 38.5 Å². The monoisotopic (exact) mass is 284 g/mol. The normalized spacial score (nSPS) is 9.40. The molecule has 0 fully saturated rings. The first-order valence-electron chi connectivity index (χ1n) is 6.33. The van der Waals surface area contributed by atoms with Gasteiger partial charge >= 0.3 is 11.9 Å². The summed E-state index contributed by atoms with van der Waals surface area (Å²) in [6.07, 6.45) is 3.28. The van der Waals surface area contributed by atoms with Gasteiger partial charge in [-0.15, -0.1) is 0 Å². The minimum atomic E-state index is -0.784. The van der Waals surface area contributed by atoms with E-state index in [1.54, 1.807) is 6.07 Å². The van der Waals surface area contributed by atoms with Gasteiger partial charge in [-0.05, 0) is 25.0 Å².